The third kappa shape index (κ3) is 3.74. The lowest BCUT2D eigenvalue weighted by atomic mass is 9.91. The average Bonchev–Trinajstić information content (AvgIpc) is 2.89. The number of hydrogen-bond donors (Lipinski definition) is 1. The van der Waals surface area contributed by atoms with E-state index in [1.807, 2.05) is 0 Å². The van der Waals surface area contributed by atoms with Crippen molar-refractivity contribution in [2.45, 2.75) is 71.9 Å². The quantitative estimate of drug-likeness (QED) is 0.859. The Kier molecular flexibility index (Phi) is 4.40. The Labute approximate surface area is 122 Å². The second-order valence-corrected chi connectivity index (χ2v) is 7.50. The second kappa shape index (κ2) is 5.74. The summed E-state index contributed by atoms with van der Waals surface area (Å²) in [5.41, 5.74) is -0.0233. The Balaban J connectivity index is 1.90. The first kappa shape index (κ1) is 15.3. The topological polar surface area (TPSA) is 49.4 Å². The molecule has 1 saturated heterocycles. The molecule has 1 aliphatic heterocycles. The van der Waals surface area contributed by atoms with Gasteiger partial charge in [0.25, 0.3) is 0 Å². The molecule has 2 aliphatic rings. The number of carbonyl (C=O) groups excluding carboxylic acids is 2. The molecule has 2 unspecified atom stereocenters. The van der Waals surface area contributed by atoms with Gasteiger partial charge in [0.1, 0.15) is 6.04 Å². The minimum absolute atomic E-state index is 0.0233. The summed E-state index contributed by atoms with van der Waals surface area (Å²) in [5, 5.41) is 3.11. The van der Waals surface area contributed by atoms with Gasteiger partial charge in [-0.05, 0) is 30.6 Å². The van der Waals surface area contributed by atoms with E-state index in [4.69, 9.17) is 0 Å². The molecule has 20 heavy (non-hydrogen) atoms. The lowest BCUT2D eigenvalue weighted by Gasteiger charge is -2.27. The standard InChI is InChI=1S/C16H28N2O2/c1-5-11-9-12(11)17-15(20)13-7-6-8-18(13)14(19)10-16(2,3)4/h11-13H,5-10H2,1-4H3,(H,17,20)/t11-,12?,13?/m1/s1. The SMILES string of the molecule is CC[C@@H]1CC1NC(=O)C1CCCN1C(=O)CC(C)(C)C. The Morgan fingerprint density at radius 2 is 2.00 bits per heavy atom. The van der Waals surface area contributed by atoms with Crippen LogP contribution in [0.5, 0.6) is 0 Å². The van der Waals surface area contributed by atoms with E-state index < -0.39 is 0 Å². The number of nitrogens with one attached hydrogen (secondary N) is 1. The van der Waals surface area contributed by atoms with Gasteiger partial charge in [-0.15, -0.1) is 0 Å². The van der Waals surface area contributed by atoms with E-state index in [-0.39, 0.29) is 23.3 Å². The molecule has 2 fully saturated rings. The van der Waals surface area contributed by atoms with E-state index in [2.05, 4.69) is 33.0 Å². The molecule has 2 amide bonds. The molecule has 4 nitrogen and oxygen atoms in total. The van der Waals surface area contributed by atoms with Gasteiger partial charge in [-0.3, -0.25) is 9.59 Å². The Hall–Kier alpha value is -1.06. The first-order valence-corrected chi connectivity index (χ1v) is 7.91. The molecule has 3 atom stereocenters. The maximum absolute atomic E-state index is 12.3. The van der Waals surface area contributed by atoms with Crippen LogP contribution in [-0.2, 0) is 9.59 Å². The van der Waals surface area contributed by atoms with E-state index in [1.165, 1.54) is 0 Å². The Morgan fingerprint density at radius 1 is 1.30 bits per heavy atom. The predicted molar refractivity (Wildman–Crippen MR) is 79.1 cm³/mol. The van der Waals surface area contributed by atoms with Gasteiger partial charge in [0.05, 0.1) is 0 Å². The fourth-order valence-corrected chi connectivity index (χ4v) is 3.05. The van der Waals surface area contributed by atoms with Gasteiger partial charge < -0.3 is 10.2 Å². The van der Waals surface area contributed by atoms with Gasteiger partial charge in [0.15, 0.2) is 0 Å². The van der Waals surface area contributed by atoms with Crippen LogP contribution in [-0.4, -0.2) is 35.3 Å². The van der Waals surface area contributed by atoms with Crippen LogP contribution in [0.15, 0.2) is 0 Å². The second-order valence-electron chi connectivity index (χ2n) is 7.50. The van der Waals surface area contributed by atoms with E-state index in [9.17, 15) is 9.59 Å². The molecule has 1 aliphatic carbocycles. The summed E-state index contributed by atoms with van der Waals surface area (Å²) in [6, 6.07) is 0.121. The van der Waals surface area contributed by atoms with Crippen molar-refractivity contribution >= 4 is 11.8 Å². The summed E-state index contributed by atoms with van der Waals surface area (Å²) in [6.45, 7) is 9.07. The van der Waals surface area contributed by atoms with Crippen molar-refractivity contribution in [2.24, 2.45) is 11.3 Å². The maximum atomic E-state index is 12.3. The number of rotatable bonds is 4. The molecule has 0 bridgehead atoms. The summed E-state index contributed by atoms with van der Waals surface area (Å²) in [4.78, 5) is 26.5. The summed E-state index contributed by atoms with van der Waals surface area (Å²) in [5.74, 6) is 0.836. The number of carbonyl (C=O) groups is 2. The first-order chi connectivity index (χ1) is 9.31. The van der Waals surface area contributed by atoms with Crippen molar-refractivity contribution in [1.29, 1.82) is 0 Å². The molecule has 0 aromatic carbocycles. The van der Waals surface area contributed by atoms with E-state index in [0.29, 0.717) is 18.4 Å². The van der Waals surface area contributed by atoms with Crippen molar-refractivity contribution in [3.8, 4) is 0 Å². The lowest BCUT2D eigenvalue weighted by Crippen LogP contribution is -2.47. The fourth-order valence-electron chi connectivity index (χ4n) is 3.05. The van der Waals surface area contributed by atoms with Gasteiger partial charge in [0.2, 0.25) is 11.8 Å². The minimum atomic E-state index is -0.233. The number of amides is 2. The summed E-state index contributed by atoms with van der Waals surface area (Å²) < 4.78 is 0. The van der Waals surface area contributed by atoms with Gasteiger partial charge in [-0.2, -0.15) is 0 Å². The van der Waals surface area contributed by atoms with Crippen LogP contribution in [0.3, 0.4) is 0 Å². The molecule has 0 spiro atoms. The molecule has 1 N–H and O–H groups in total. The van der Waals surface area contributed by atoms with Crippen molar-refractivity contribution in [1.82, 2.24) is 10.2 Å². The van der Waals surface area contributed by atoms with Gasteiger partial charge >= 0.3 is 0 Å². The largest absolute Gasteiger partial charge is 0.351 e. The highest BCUT2D eigenvalue weighted by molar-refractivity contribution is 5.88. The lowest BCUT2D eigenvalue weighted by molar-refractivity contribution is -0.139. The normalized spacial score (nSPS) is 29.4. The highest BCUT2D eigenvalue weighted by atomic mass is 16.2. The van der Waals surface area contributed by atoms with Crippen LogP contribution < -0.4 is 5.32 Å². The summed E-state index contributed by atoms with van der Waals surface area (Å²) >= 11 is 0. The van der Waals surface area contributed by atoms with Crippen molar-refractivity contribution in [3.05, 3.63) is 0 Å². The molecule has 1 saturated carbocycles. The van der Waals surface area contributed by atoms with Gasteiger partial charge in [-0.25, -0.2) is 0 Å². The zero-order valence-electron chi connectivity index (χ0n) is 13.2. The van der Waals surface area contributed by atoms with Crippen LogP contribution >= 0.6 is 0 Å². The maximum Gasteiger partial charge on any atom is 0.243 e. The van der Waals surface area contributed by atoms with Crippen LogP contribution in [0, 0.1) is 11.3 Å². The Morgan fingerprint density at radius 3 is 2.55 bits per heavy atom. The molecule has 0 aromatic heterocycles. The van der Waals surface area contributed by atoms with Crippen LogP contribution in [0.25, 0.3) is 0 Å². The van der Waals surface area contributed by atoms with Crippen LogP contribution in [0.1, 0.15) is 59.8 Å². The van der Waals surface area contributed by atoms with Gasteiger partial charge in [-0.1, -0.05) is 34.1 Å². The molecule has 4 heteroatoms. The first-order valence-electron chi connectivity index (χ1n) is 7.91. The highest BCUT2D eigenvalue weighted by Crippen LogP contribution is 2.33. The third-order valence-corrected chi connectivity index (χ3v) is 4.33. The molecule has 2 rings (SSSR count). The van der Waals surface area contributed by atoms with E-state index >= 15 is 0 Å². The van der Waals surface area contributed by atoms with Crippen LogP contribution in [0.4, 0.5) is 0 Å². The molecule has 0 radical (unpaired) electrons. The van der Waals surface area contributed by atoms with Gasteiger partial charge in [0, 0.05) is 19.0 Å². The average molecular weight is 280 g/mol. The predicted octanol–water partition coefficient (Wildman–Crippen LogP) is 2.33. The Bertz CT molecular complexity index is 386. The monoisotopic (exact) mass is 280 g/mol. The smallest absolute Gasteiger partial charge is 0.243 e. The number of nitrogens with zero attached hydrogens (tertiary/aromatic N) is 1. The molecular weight excluding hydrogens is 252 g/mol. The highest BCUT2D eigenvalue weighted by Gasteiger charge is 2.41. The van der Waals surface area contributed by atoms with E-state index in [0.717, 1.165) is 32.2 Å². The van der Waals surface area contributed by atoms with Crippen molar-refractivity contribution < 1.29 is 9.59 Å². The molecule has 0 aromatic rings. The van der Waals surface area contributed by atoms with Crippen LogP contribution in [0.2, 0.25) is 0 Å². The van der Waals surface area contributed by atoms with Crippen molar-refractivity contribution in [3.63, 3.8) is 0 Å². The van der Waals surface area contributed by atoms with Crippen molar-refractivity contribution in [2.75, 3.05) is 6.54 Å². The molecule has 1 heterocycles. The zero-order chi connectivity index (χ0) is 14.9. The minimum Gasteiger partial charge on any atom is -0.351 e. The summed E-state index contributed by atoms with van der Waals surface area (Å²) in [6.07, 6.45) is 4.49. The summed E-state index contributed by atoms with van der Waals surface area (Å²) in [7, 11) is 0. The number of hydrogen-bond acceptors (Lipinski definition) is 2. The van der Waals surface area contributed by atoms with E-state index in [1.54, 1.807) is 4.90 Å². The molecular formula is C16H28N2O2. The fraction of sp³-hybridized carbons (Fsp3) is 0.875. The third-order valence-electron chi connectivity index (χ3n) is 4.33. The number of likely N-dealkylation sites (tertiary alicyclic amines) is 1. The zero-order valence-corrected chi connectivity index (χ0v) is 13.2. The molecule has 114 valence electrons.